The van der Waals surface area contributed by atoms with Gasteiger partial charge < -0.3 is 25.6 Å². The maximum absolute atomic E-state index is 11.7. The van der Waals surface area contributed by atoms with E-state index < -0.39 is 6.10 Å². The van der Waals surface area contributed by atoms with Crippen molar-refractivity contribution >= 4 is 5.91 Å². The molecular formula is C10H20N2O4. The van der Waals surface area contributed by atoms with Gasteiger partial charge in [-0.2, -0.15) is 0 Å². The summed E-state index contributed by atoms with van der Waals surface area (Å²) in [7, 11) is 1.55. The third-order valence-electron chi connectivity index (χ3n) is 2.62. The molecule has 0 aromatic carbocycles. The number of ether oxygens (including phenoxy) is 1. The Morgan fingerprint density at radius 3 is 2.94 bits per heavy atom. The van der Waals surface area contributed by atoms with E-state index in [1.165, 1.54) is 0 Å². The fourth-order valence-corrected chi connectivity index (χ4v) is 1.77. The van der Waals surface area contributed by atoms with E-state index in [1.807, 2.05) is 0 Å². The summed E-state index contributed by atoms with van der Waals surface area (Å²) in [6, 6.07) is -0.518. The van der Waals surface area contributed by atoms with Crippen molar-refractivity contribution < 1.29 is 19.7 Å². The lowest BCUT2D eigenvalue weighted by Crippen LogP contribution is -2.47. The van der Waals surface area contributed by atoms with Crippen molar-refractivity contribution in [1.82, 2.24) is 10.6 Å². The van der Waals surface area contributed by atoms with E-state index in [9.17, 15) is 9.90 Å². The molecule has 4 N–H and O–H groups in total. The van der Waals surface area contributed by atoms with Crippen LogP contribution in [0.3, 0.4) is 0 Å². The minimum Gasteiger partial charge on any atom is -0.396 e. The second-order valence-electron chi connectivity index (χ2n) is 4.02. The van der Waals surface area contributed by atoms with Crippen molar-refractivity contribution in [3.63, 3.8) is 0 Å². The summed E-state index contributed by atoms with van der Waals surface area (Å²) >= 11 is 0. The quantitative estimate of drug-likeness (QED) is 0.435. The Morgan fingerprint density at radius 2 is 2.44 bits per heavy atom. The molecule has 0 aromatic rings. The van der Waals surface area contributed by atoms with Crippen LogP contribution in [0.2, 0.25) is 0 Å². The molecule has 16 heavy (non-hydrogen) atoms. The maximum atomic E-state index is 11.7. The molecule has 3 unspecified atom stereocenters. The molecule has 0 bridgehead atoms. The highest BCUT2D eigenvalue weighted by Gasteiger charge is 2.29. The zero-order chi connectivity index (χ0) is 12.0. The standard InChI is InChI=1S/C10H20N2O4/c1-16-6-7(2-3-13)12-10(15)9-4-8(14)5-11-9/h7-9,11,13-14H,2-6H2,1H3,(H,12,15). The van der Waals surface area contributed by atoms with E-state index in [4.69, 9.17) is 9.84 Å². The molecular weight excluding hydrogens is 212 g/mol. The number of hydrogen-bond acceptors (Lipinski definition) is 5. The van der Waals surface area contributed by atoms with Gasteiger partial charge in [-0.05, 0) is 12.8 Å². The number of carbonyl (C=O) groups is 1. The van der Waals surface area contributed by atoms with Crippen LogP contribution in [0.15, 0.2) is 0 Å². The van der Waals surface area contributed by atoms with Crippen molar-refractivity contribution in [2.45, 2.75) is 31.0 Å². The third-order valence-corrected chi connectivity index (χ3v) is 2.62. The second-order valence-corrected chi connectivity index (χ2v) is 4.02. The van der Waals surface area contributed by atoms with Gasteiger partial charge in [0, 0.05) is 20.3 Å². The van der Waals surface area contributed by atoms with Crippen molar-refractivity contribution in [2.24, 2.45) is 0 Å². The largest absolute Gasteiger partial charge is 0.396 e. The fraction of sp³-hybridized carbons (Fsp3) is 0.900. The molecule has 1 heterocycles. The van der Waals surface area contributed by atoms with Crippen LogP contribution in [0, 0.1) is 0 Å². The number of nitrogens with one attached hydrogen (secondary N) is 2. The zero-order valence-corrected chi connectivity index (χ0v) is 9.48. The number of rotatable bonds is 6. The van der Waals surface area contributed by atoms with E-state index in [2.05, 4.69) is 10.6 Å². The first-order chi connectivity index (χ1) is 7.67. The van der Waals surface area contributed by atoms with Crippen LogP contribution >= 0.6 is 0 Å². The van der Waals surface area contributed by atoms with Gasteiger partial charge >= 0.3 is 0 Å². The predicted molar refractivity (Wildman–Crippen MR) is 57.9 cm³/mol. The van der Waals surface area contributed by atoms with Crippen LogP contribution in [0.5, 0.6) is 0 Å². The molecule has 0 aliphatic carbocycles. The summed E-state index contributed by atoms with van der Waals surface area (Å²) < 4.78 is 4.95. The third kappa shape index (κ3) is 4.05. The molecule has 94 valence electrons. The first-order valence-electron chi connectivity index (χ1n) is 5.49. The first-order valence-corrected chi connectivity index (χ1v) is 5.49. The van der Waals surface area contributed by atoms with Crippen LogP contribution in [-0.4, -0.2) is 61.2 Å². The van der Waals surface area contributed by atoms with Gasteiger partial charge in [-0.15, -0.1) is 0 Å². The number of hydrogen-bond donors (Lipinski definition) is 4. The lowest BCUT2D eigenvalue weighted by atomic mass is 10.1. The molecule has 6 heteroatoms. The van der Waals surface area contributed by atoms with Gasteiger partial charge in [0.25, 0.3) is 0 Å². The summed E-state index contributed by atoms with van der Waals surface area (Å²) in [4.78, 5) is 11.7. The Bertz CT molecular complexity index is 219. The normalized spacial score (nSPS) is 26.7. The number of aliphatic hydroxyl groups excluding tert-OH is 2. The van der Waals surface area contributed by atoms with Crippen molar-refractivity contribution in [3.05, 3.63) is 0 Å². The summed E-state index contributed by atoms with van der Waals surface area (Å²) in [6.07, 6.45) is 0.453. The molecule has 1 saturated heterocycles. The van der Waals surface area contributed by atoms with Gasteiger partial charge in [-0.1, -0.05) is 0 Å². The Hall–Kier alpha value is -0.690. The minimum atomic E-state index is -0.450. The monoisotopic (exact) mass is 232 g/mol. The van der Waals surface area contributed by atoms with E-state index in [-0.39, 0.29) is 24.6 Å². The topological polar surface area (TPSA) is 90.8 Å². The first kappa shape index (κ1) is 13.4. The molecule has 3 atom stereocenters. The van der Waals surface area contributed by atoms with Gasteiger partial charge in [-0.3, -0.25) is 4.79 Å². The van der Waals surface area contributed by atoms with E-state index >= 15 is 0 Å². The Labute approximate surface area is 95.0 Å². The maximum Gasteiger partial charge on any atom is 0.237 e. The molecule has 0 aromatic heterocycles. The van der Waals surface area contributed by atoms with Crippen LogP contribution < -0.4 is 10.6 Å². The number of β-amino-alcohol motifs (C(OH)–C–C–N with tert-alkyl or cyclic N) is 1. The number of carbonyl (C=O) groups excluding carboxylic acids is 1. The van der Waals surface area contributed by atoms with Gasteiger partial charge in [-0.25, -0.2) is 0 Å². The van der Waals surface area contributed by atoms with Gasteiger partial charge in [0.1, 0.15) is 0 Å². The van der Waals surface area contributed by atoms with E-state index in [1.54, 1.807) is 7.11 Å². The molecule has 1 aliphatic rings. The lowest BCUT2D eigenvalue weighted by Gasteiger charge is -2.19. The average Bonchev–Trinajstić information content (AvgIpc) is 2.65. The number of methoxy groups -OCH3 is 1. The average molecular weight is 232 g/mol. The smallest absolute Gasteiger partial charge is 0.237 e. The van der Waals surface area contributed by atoms with Gasteiger partial charge in [0.05, 0.1) is 24.8 Å². The van der Waals surface area contributed by atoms with E-state index in [0.29, 0.717) is 26.0 Å². The summed E-state index contributed by atoms with van der Waals surface area (Å²) in [5, 5.41) is 23.8. The number of aliphatic hydroxyl groups is 2. The van der Waals surface area contributed by atoms with Crippen molar-refractivity contribution in [1.29, 1.82) is 0 Å². The Kier molecular flexibility index (Phi) is 5.68. The highest BCUT2D eigenvalue weighted by molar-refractivity contribution is 5.82. The molecule has 1 fully saturated rings. The second kappa shape index (κ2) is 6.80. The molecule has 0 radical (unpaired) electrons. The molecule has 1 rings (SSSR count). The van der Waals surface area contributed by atoms with Gasteiger partial charge in [0.2, 0.25) is 5.91 Å². The molecule has 0 spiro atoms. The summed E-state index contributed by atoms with van der Waals surface area (Å²) in [5.74, 6) is -0.146. The molecule has 6 nitrogen and oxygen atoms in total. The van der Waals surface area contributed by atoms with Gasteiger partial charge in [0.15, 0.2) is 0 Å². The highest BCUT2D eigenvalue weighted by Crippen LogP contribution is 2.06. The van der Waals surface area contributed by atoms with Crippen molar-refractivity contribution in [2.75, 3.05) is 26.9 Å². The molecule has 1 amide bonds. The van der Waals surface area contributed by atoms with Crippen LogP contribution in [0.25, 0.3) is 0 Å². The number of amides is 1. The Balaban J connectivity index is 2.35. The predicted octanol–water partition coefficient (Wildman–Crippen LogP) is -1.78. The summed E-state index contributed by atoms with van der Waals surface area (Å²) in [6.45, 7) is 0.837. The zero-order valence-electron chi connectivity index (χ0n) is 9.48. The lowest BCUT2D eigenvalue weighted by molar-refractivity contribution is -0.124. The highest BCUT2D eigenvalue weighted by atomic mass is 16.5. The fourth-order valence-electron chi connectivity index (χ4n) is 1.77. The van der Waals surface area contributed by atoms with Crippen LogP contribution in [-0.2, 0) is 9.53 Å². The molecule has 0 saturated carbocycles. The van der Waals surface area contributed by atoms with Crippen molar-refractivity contribution in [3.8, 4) is 0 Å². The summed E-state index contributed by atoms with van der Waals surface area (Å²) in [5.41, 5.74) is 0. The Morgan fingerprint density at radius 1 is 1.69 bits per heavy atom. The molecule has 1 aliphatic heterocycles. The van der Waals surface area contributed by atoms with E-state index in [0.717, 1.165) is 0 Å². The van der Waals surface area contributed by atoms with Crippen LogP contribution in [0.4, 0.5) is 0 Å². The van der Waals surface area contributed by atoms with Crippen LogP contribution in [0.1, 0.15) is 12.8 Å². The SMILES string of the molecule is COCC(CCO)NC(=O)C1CC(O)CN1. The minimum absolute atomic E-state index is 0.00896.